The first-order chi connectivity index (χ1) is 8.70. The third kappa shape index (κ3) is 2.10. The largest absolute Gasteiger partial charge is 0.437 e. The minimum Gasteiger partial charge on any atom is -0.437 e. The number of anilines is 1. The molecule has 2 N–H and O–H groups in total. The standard InChI is InChI=1S/C12H10N4OS/c1-7-16-9-4-8(2-3-10(9)18-7)17-12-6-14-11(13)5-15-12/h2-6H,1H3,(H2,13,14). The highest BCUT2D eigenvalue weighted by molar-refractivity contribution is 7.18. The van der Waals surface area contributed by atoms with Gasteiger partial charge in [0.25, 0.3) is 0 Å². The minimum absolute atomic E-state index is 0.368. The molecular formula is C12H10N4OS. The molecular weight excluding hydrogens is 248 g/mol. The molecule has 0 aliphatic heterocycles. The zero-order chi connectivity index (χ0) is 12.5. The number of thiazole rings is 1. The van der Waals surface area contributed by atoms with Gasteiger partial charge in [-0.1, -0.05) is 0 Å². The van der Waals surface area contributed by atoms with Crippen LogP contribution in [0.2, 0.25) is 0 Å². The van der Waals surface area contributed by atoms with E-state index < -0.39 is 0 Å². The Bertz CT molecular complexity index is 693. The van der Waals surface area contributed by atoms with E-state index in [0.717, 1.165) is 15.2 Å². The summed E-state index contributed by atoms with van der Waals surface area (Å²) in [5.41, 5.74) is 6.39. The molecule has 5 nitrogen and oxygen atoms in total. The first-order valence-corrected chi connectivity index (χ1v) is 6.15. The maximum absolute atomic E-state index is 5.59. The Hall–Kier alpha value is -2.21. The molecule has 3 rings (SSSR count). The van der Waals surface area contributed by atoms with E-state index in [1.54, 1.807) is 11.3 Å². The SMILES string of the molecule is Cc1nc2cc(Oc3cnc(N)cn3)ccc2s1. The monoisotopic (exact) mass is 258 g/mol. The summed E-state index contributed by atoms with van der Waals surface area (Å²) in [5, 5.41) is 1.04. The Morgan fingerprint density at radius 2 is 2.11 bits per heavy atom. The molecule has 6 heteroatoms. The van der Waals surface area contributed by atoms with Crippen molar-refractivity contribution in [2.75, 3.05) is 5.73 Å². The molecule has 0 aliphatic rings. The molecule has 90 valence electrons. The van der Waals surface area contributed by atoms with E-state index >= 15 is 0 Å². The second-order valence-electron chi connectivity index (χ2n) is 3.74. The summed E-state index contributed by atoms with van der Waals surface area (Å²) in [4.78, 5) is 12.4. The lowest BCUT2D eigenvalue weighted by atomic mass is 10.3. The van der Waals surface area contributed by atoms with E-state index in [4.69, 9.17) is 10.5 Å². The molecule has 1 aromatic carbocycles. The van der Waals surface area contributed by atoms with Crippen LogP contribution in [0.4, 0.5) is 5.82 Å². The zero-order valence-corrected chi connectivity index (χ0v) is 10.4. The van der Waals surface area contributed by atoms with Crippen LogP contribution in [0, 0.1) is 6.92 Å². The molecule has 0 saturated heterocycles. The molecule has 0 aliphatic carbocycles. The van der Waals surface area contributed by atoms with Gasteiger partial charge in [-0.25, -0.2) is 15.0 Å². The summed E-state index contributed by atoms with van der Waals surface area (Å²) in [5.74, 6) is 1.47. The highest BCUT2D eigenvalue weighted by Crippen LogP contribution is 2.27. The van der Waals surface area contributed by atoms with E-state index in [-0.39, 0.29) is 0 Å². The molecule has 0 radical (unpaired) electrons. The number of nitrogens with zero attached hydrogens (tertiary/aromatic N) is 3. The number of nitrogens with two attached hydrogens (primary N) is 1. The number of aryl methyl sites for hydroxylation is 1. The van der Waals surface area contributed by atoms with Crippen molar-refractivity contribution in [1.82, 2.24) is 15.0 Å². The molecule has 0 unspecified atom stereocenters. The van der Waals surface area contributed by atoms with Crippen LogP contribution in [-0.4, -0.2) is 15.0 Å². The van der Waals surface area contributed by atoms with Crippen molar-refractivity contribution in [3.63, 3.8) is 0 Å². The van der Waals surface area contributed by atoms with Gasteiger partial charge in [0, 0.05) is 6.07 Å². The molecule has 0 spiro atoms. The minimum atomic E-state index is 0.368. The molecule has 0 fully saturated rings. The number of fused-ring (bicyclic) bond motifs is 1. The normalized spacial score (nSPS) is 10.7. The van der Waals surface area contributed by atoms with Crippen molar-refractivity contribution in [3.8, 4) is 11.6 Å². The molecule has 2 heterocycles. The predicted molar refractivity (Wildman–Crippen MR) is 70.9 cm³/mol. The molecule has 0 bridgehead atoms. The van der Waals surface area contributed by atoms with E-state index in [2.05, 4.69) is 15.0 Å². The Labute approximate surface area is 107 Å². The quantitative estimate of drug-likeness (QED) is 0.765. The number of benzene rings is 1. The van der Waals surface area contributed by atoms with Gasteiger partial charge in [0.2, 0.25) is 5.88 Å². The summed E-state index contributed by atoms with van der Waals surface area (Å²) in [6, 6.07) is 5.76. The molecule has 18 heavy (non-hydrogen) atoms. The van der Waals surface area contributed by atoms with Gasteiger partial charge in [-0.2, -0.15) is 0 Å². The number of ether oxygens (including phenoxy) is 1. The third-order valence-corrected chi connectivity index (χ3v) is 3.29. The van der Waals surface area contributed by atoms with Crippen molar-refractivity contribution in [2.45, 2.75) is 6.92 Å². The van der Waals surface area contributed by atoms with E-state index in [0.29, 0.717) is 17.4 Å². The van der Waals surface area contributed by atoms with Crippen LogP contribution in [-0.2, 0) is 0 Å². The van der Waals surface area contributed by atoms with Gasteiger partial charge in [0.1, 0.15) is 11.6 Å². The average molecular weight is 258 g/mol. The zero-order valence-electron chi connectivity index (χ0n) is 9.62. The van der Waals surface area contributed by atoms with Gasteiger partial charge in [-0.15, -0.1) is 11.3 Å². The number of rotatable bonds is 2. The lowest BCUT2D eigenvalue weighted by Gasteiger charge is -2.03. The number of nitrogen functional groups attached to an aromatic ring is 1. The molecule has 0 amide bonds. The summed E-state index contributed by atoms with van der Waals surface area (Å²) >= 11 is 1.66. The smallest absolute Gasteiger partial charge is 0.237 e. The maximum atomic E-state index is 5.59. The van der Waals surface area contributed by atoms with Crippen molar-refractivity contribution in [1.29, 1.82) is 0 Å². The highest BCUT2D eigenvalue weighted by Gasteiger charge is 2.04. The maximum Gasteiger partial charge on any atom is 0.237 e. The molecule has 2 aromatic heterocycles. The first kappa shape index (κ1) is 10.9. The van der Waals surface area contributed by atoms with Gasteiger partial charge in [0.15, 0.2) is 0 Å². The topological polar surface area (TPSA) is 73.9 Å². The number of hydrogen-bond donors (Lipinski definition) is 1. The molecule has 0 atom stereocenters. The van der Waals surface area contributed by atoms with Gasteiger partial charge in [-0.05, 0) is 19.1 Å². The van der Waals surface area contributed by atoms with Gasteiger partial charge in [-0.3, -0.25) is 0 Å². The van der Waals surface area contributed by atoms with Crippen molar-refractivity contribution >= 4 is 27.4 Å². The summed E-state index contributed by atoms with van der Waals surface area (Å²) in [6.07, 6.45) is 2.95. The van der Waals surface area contributed by atoms with Crippen LogP contribution in [0.15, 0.2) is 30.6 Å². The van der Waals surface area contributed by atoms with Crippen LogP contribution in [0.5, 0.6) is 11.6 Å². The van der Waals surface area contributed by atoms with E-state index in [9.17, 15) is 0 Å². The summed E-state index contributed by atoms with van der Waals surface area (Å²) in [7, 11) is 0. The Morgan fingerprint density at radius 3 is 2.89 bits per heavy atom. The van der Waals surface area contributed by atoms with E-state index in [1.807, 2.05) is 25.1 Å². The van der Waals surface area contributed by atoms with Crippen LogP contribution in [0.1, 0.15) is 5.01 Å². The molecule has 3 aromatic rings. The molecule has 0 saturated carbocycles. The fourth-order valence-electron chi connectivity index (χ4n) is 1.59. The van der Waals surface area contributed by atoms with Crippen LogP contribution in [0.25, 0.3) is 10.2 Å². The van der Waals surface area contributed by atoms with Crippen molar-refractivity contribution in [2.24, 2.45) is 0 Å². The fraction of sp³-hybridized carbons (Fsp3) is 0.0833. The average Bonchev–Trinajstić information content (AvgIpc) is 2.71. The van der Waals surface area contributed by atoms with E-state index in [1.165, 1.54) is 12.4 Å². The van der Waals surface area contributed by atoms with Crippen molar-refractivity contribution in [3.05, 3.63) is 35.6 Å². The van der Waals surface area contributed by atoms with Crippen LogP contribution >= 0.6 is 11.3 Å². The second kappa shape index (κ2) is 4.23. The van der Waals surface area contributed by atoms with Gasteiger partial charge >= 0.3 is 0 Å². The summed E-state index contributed by atoms with van der Waals surface area (Å²) < 4.78 is 6.73. The Balaban J connectivity index is 1.92. The summed E-state index contributed by atoms with van der Waals surface area (Å²) in [6.45, 7) is 1.98. The van der Waals surface area contributed by atoms with Crippen molar-refractivity contribution < 1.29 is 4.74 Å². The number of hydrogen-bond acceptors (Lipinski definition) is 6. The predicted octanol–water partition coefficient (Wildman–Crippen LogP) is 2.77. The Morgan fingerprint density at radius 1 is 1.22 bits per heavy atom. The van der Waals surface area contributed by atoms with Gasteiger partial charge in [0.05, 0.1) is 27.6 Å². The van der Waals surface area contributed by atoms with Gasteiger partial charge < -0.3 is 10.5 Å². The second-order valence-corrected chi connectivity index (χ2v) is 4.98. The first-order valence-electron chi connectivity index (χ1n) is 5.33. The number of aromatic nitrogens is 3. The lowest BCUT2D eigenvalue weighted by Crippen LogP contribution is -1.93. The Kier molecular flexibility index (Phi) is 2.56. The van der Waals surface area contributed by atoms with Crippen LogP contribution < -0.4 is 10.5 Å². The lowest BCUT2D eigenvalue weighted by molar-refractivity contribution is 0.461. The third-order valence-electron chi connectivity index (χ3n) is 2.34. The highest BCUT2D eigenvalue weighted by atomic mass is 32.1. The van der Waals surface area contributed by atoms with Crippen LogP contribution in [0.3, 0.4) is 0 Å². The fourth-order valence-corrected chi connectivity index (χ4v) is 2.39.